The average Bonchev–Trinajstić information content (AvgIpc) is 2.39. The van der Waals surface area contributed by atoms with Gasteiger partial charge in [-0.1, -0.05) is 0 Å². The van der Waals surface area contributed by atoms with Crippen LogP contribution in [0.5, 0.6) is 0 Å². The fourth-order valence-electron chi connectivity index (χ4n) is 2.49. The molecule has 0 aliphatic carbocycles. The van der Waals surface area contributed by atoms with E-state index in [1.54, 1.807) is 0 Å². The van der Waals surface area contributed by atoms with Crippen LogP contribution in [0.3, 0.4) is 0 Å². The maximum Gasteiger partial charge on any atom is 0.0321 e. The van der Waals surface area contributed by atoms with Crippen LogP contribution in [0.4, 0.5) is 0 Å². The van der Waals surface area contributed by atoms with E-state index in [0.29, 0.717) is 12.0 Å². The molecule has 2 rings (SSSR count). The van der Waals surface area contributed by atoms with E-state index in [1.807, 2.05) is 12.4 Å². The highest BCUT2D eigenvalue weighted by Crippen LogP contribution is 2.25. The van der Waals surface area contributed by atoms with Gasteiger partial charge in [0, 0.05) is 25.0 Å². The minimum absolute atomic E-state index is 0.484. The van der Waals surface area contributed by atoms with E-state index in [-0.39, 0.29) is 0 Å². The van der Waals surface area contributed by atoms with E-state index in [1.165, 1.54) is 24.9 Å². The summed E-state index contributed by atoms with van der Waals surface area (Å²) in [7, 11) is 0. The summed E-state index contributed by atoms with van der Waals surface area (Å²) in [6, 6.07) is 4.70. The Morgan fingerprint density at radius 1 is 1.50 bits per heavy atom. The molecule has 0 amide bonds. The van der Waals surface area contributed by atoms with Gasteiger partial charge in [0.1, 0.15) is 0 Å². The Morgan fingerprint density at radius 3 is 2.94 bits per heavy atom. The minimum Gasteiger partial charge on any atom is -0.330 e. The second-order valence-corrected chi connectivity index (χ2v) is 4.70. The summed E-state index contributed by atoms with van der Waals surface area (Å²) >= 11 is 0. The van der Waals surface area contributed by atoms with Crippen molar-refractivity contribution in [1.29, 1.82) is 0 Å². The molecule has 1 aliphatic heterocycles. The fraction of sp³-hybridized carbons (Fsp3) is 0.615. The molecule has 16 heavy (non-hydrogen) atoms. The molecule has 3 heteroatoms. The molecule has 2 heterocycles. The Hall–Kier alpha value is -0.930. The largest absolute Gasteiger partial charge is 0.330 e. The first-order chi connectivity index (χ1) is 7.81. The first-order valence-electron chi connectivity index (χ1n) is 6.15. The number of nitrogens with zero attached hydrogens (tertiary/aromatic N) is 2. The number of rotatable bonds is 3. The number of hydrogen-bond acceptors (Lipinski definition) is 3. The van der Waals surface area contributed by atoms with Crippen LogP contribution in [0.15, 0.2) is 24.5 Å². The Kier molecular flexibility index (Phi) is 3.91. The molecule has 0 bridgehead atoms. The van der Waals surface area contributed by atoms with Gasteiger partial charge in [-0.3, -0.25) is 9.88 Å². The van der Waals surface area contributed by atoms with Crippen LogP contribution in [0.2, 0.25) is 0 Å². The normalized spacial score (nSPS) is 24.2. The van der Waals surface area contributed by atoms with E-state index in [2.05, 4.69) is 28.9 Å². The van der Waals surface area contributed by atoms with Crippen molar-refractivity contribution < 1.29 is 0 Å². The van der Waals surface area contributed by atoms with Crippen molar-refractivity contribution in [2.24, 2.45) is 11.7 Å². The predicted octanol–water partition coefficient (Wildman–Crippen LogP) is 1.81. The van der Waals surface area contributed by atoms with E-state index >= 15 is 0 Å². The molecule has 88 valence electrons. The van der Waals surface area contributed by atoms with E-state index in [9.17, 15) is 0 Å². The van der Waals surface area contributed by atoms with Crippen molar-refractivity contribution in [3.8, 4) is 0 Å². The maximum absolute atomic E-state index is 5.77. The molecule has 0 spiro atoms. The van der Waals surface area contributed by atoms with Gasteiger partial charge in [-0.15, -0.1) is 0 Å². The first kappa shape index (κ1) is 11.6. The van der Waals surface area contributed by atoms with Gasteiger partial charge in [-0.25, -0.2) is 0 Å². The van der Waals surface area contributed by atoms with Gasteiger partial charge in [-0.05, 0) is 56.5 Å². The number of likely N-dealkylation sites (tertiary alicyclic amines) is 1. The zero-order valence-corrected chi connectivity index (χ0v) is 9.97. The van der Waals surface area contributed by atoms with E-state index in [0.717, 1.165) is 13.1 Å². The lowest BCUT2D eigenvalue weighted by Gasteiger charge is -2.36. The van der Waals surface area contributed by atoms with Crippen LogP contribution < -0.4 is 5.73 Å². The van der Waals surface area contributed by atoms with Crippen molar-refractivity contribution in [2.75, 3.05) is 19.6 Å². The molecular formula is C13H21N3. The molecule has 0 saturated carbocycles. The zero-order valence-electron chi connectivity index (χ0n) is 9.97. The summed E-state index contributed by atoms with van der Waals surface area (Å²) < 4.78 is 0. The second kappa shape index (κ2) is 5.41. The highest BCUT2D eigenvalue weighted by atomic mass is 15.2. The van der Waals surface area contributed by atoms with Crippen LogP contribution in [0.1, 0.15) is 31.4 Å². The molecule has 2 atom stereocenters. The highest BCUT2D eigenvalue weighted by Gasteiger charge is 2.23. The third kappa shape index (κ3) is 2.60. The topological polar surface area (TPSA) is 42.2 Å². The lowest BCUT2D eigenvalue weighted by Crippen LogP contribution is -2.39. The molecule has 1 aromatic heterocycles. The van der Waals surface area contributed by atoms with Crippen molar-refractivity contribution in [3.63, 3.8) is 0 Å². The Morgan fingerprint density at radius 2 is 2.25 bits per heavy atom. The standard InChI is InChI=1S/C13H21N3/c1-11(13-4-6-15-7-5-13)16-8-2-3-12(9-14)10-16/h4-7,11-12H,2-3,8-10,14H2,1H3. The predicted molar refractivity (Wildman–Crippen MR) is 66.0 cm³/mol. The number of nitrogens with two attached hydrogens (primary N) is 1. The van der Waals surface area contributed by atoms with Gasteiger partial charge in [0.25, 0.3) is 0 Å². The van der Waals surface area contributed by atoms with Gasteiger partial charge < -0.3 is 5.73 Å². The van der Waals surface area contributed by atoms with E-state index < -0.39 is 0 Å². The zero-order chi connectivity index (χ0) is 11.4. The van der Waals surface area contributed by atoms with Gasteiger partial charge in [0.05, 0.1) is 0 Å². The van der Waals surface area contributed by atoms with Crippen molar-refractivity contribution in [1.82, 2.24) is 9.88 Å². The third-order valence-corrected chi connectivity index (χ3v) is 3.62. The van der Waals surface area contributed by atoms with Gasteiger partial charge in [0.15, 0.2) is 0 Å². The van der Waals surface area contributed by atoms with Gasteiger partial charge in [-0.2, -0.15) is 0 Å². The summed E-state index contributed by atoms with van der Waals surface area (Å²) in [6.07, 6.45) is 6.31. The average molecular weight is 219 g/mol. The molecule has 2 N–H and O–H groups in total. The summed E-state index contributed by atoms with van der Waals surface area (Å²) in [5, 5.41) is 0. The Labute approximate surface area is 97.7 Å². The first-order valence-corrected chi connectivity index (χ1v) is 6.15. The van der Waals surface area contributed by atoms with Gasteiger partial charge in [0.2, 0.25) is 0 Å². The summed E-state index contributed by atoms with van der Waals surface area (Å²) in [5.74, 6) is 0.679. The maximum atomic E-state index is 5.77. The quantitative estimate of drug-likeness (QED) is 0.843. The molecule has 2 unspecified atom stereocenters. The Bertz CT molecular complexity index is 312. The fourth-order valence-corrected chi connectivity index (χ4v) is 2.49. The second-order valence-electron chi connectivity index (χ2n) is 4.70. The van der Waals surface area contributed by atoms with E-state index in [4.69, 9.17) is 5.73 Å². The molecule has 3 nitrogen and oxygen atoms in total. The number of aromatic nitrogens is 1. The SMILES string of the molecule is CC(c1ccncc1)N1CCCC(CN)C1. The molecule has 0 aromatic carbocycles. The monoisotopic (exact) mass is 219 g/mol. The third-order valence-electron chi connectivity index (χ3n) is 3.62. The number of pyridine rings is 1. The van der Waals surface area contributed by atoms with Crippen LogP contribution in [0.25, 0.3) is 0 Å². The number of piperidine rings is 1. The lowest BCUT2D eigenvalue weighted by atomic mass is 9.96. The van der Waals surface area contributed by atoms with Crippen molar-refractivity contribution in [2.45, 2.75) is 25.8 Å². The molecule has 0 radical (unpaired) electrons. The van der Waals surface area contributed by atoms with Crippen LogP contribution in [-0.2, 0) is 0 Å². The lowest BCUT2D eigenvalue weighted by molar-refractivity contribution is 0.134. The van der Waals surface area contributed by atoms with Crippen LogP contribution in [-0.4, -0.2) is 29.5 Å². The Balaban J connectivity index is 2.01. The molecule has 1 aromatic rings. The molecular weight excluding hydrogens is 198 g/mol. The van der Waals surface area contributed by atoms with Gasteiger partial charge >= 0.3 is 0 Å². The molecule has 1 fully saturated rings. The number of hydrogen-bond donors (Lipinski definition) is 1. The smallest absolute Gasteiger partial charge is 0.0321 e. The van der Waals surface area contributed by atoms with Crippen molar-refractivity contribution >= 4 is 0 Å². The van der Waals surface area contributed by atoms with Crippen LogP contribution in [0, 0.1) is 5.92 Å². The van der Waals surface area contributed by atoms with Crippen LogP contribution >= 0.6 is 0 Å². The minimum atomic E-state index is 0.484. The summed E-state index contributed by atoms with van der Waals surface area (Å²) in [5.41, 5.74) is 7.12. The molecule has 1 aliphatic rings. The molecule has 1 saturated heterocycles. The highest BCUT2D eigenvalue weighted by molar-refractivity contribution is 5.14. The summed E-state index contributed by atoms with van der Waals surface area (Å²) in [6.45, 7) is 5.42. The summed E-state index contributed by atoms with van der Waals surface area (Å²) in [4.78, 5) is 6.60. The van der Waals surface area contributed by atoms with Crippen molar-refractivity contribution in [3.05, 3.63) is 30.1 Å².